The number of pyridine rings is 1. The van der Waals surface area contributed by atoms with Gasteiger partial charge < -0.3 is 10.6 Å². The number of nitrogens with zero attached hydrogens (tertiary/aromatic N) is 2. The Labute approximate surface area is 113 Å². The van der Waals surface area contributed by atoms with E-state index in [0.29, 0.717) is 10.6 Å². The minimum Gasteiger partial charge on any atom is -0.396 e. The Morgan fingerprint density at radius 1 is 1.11 bits per heavy atom. The number of nitrogens with two attached hydrogens (primary N) is 1. The minimum atomic E-state index is 0.528. The number of piperidine rings is 1. The highest BCUT2D eigenvalue weighted by Crippen LogP contribution is 2.46. The van der Waals surface area contributed by atoms with Gasteiger partial charge in [0.15, 0.2) is 5.82 Å². The molecule has 2 fully saturated rings. The fourth-order valence-electron chi connectivity index (χ4n) is 3.51. The SMILES string of the molecule is Nc1ccc(Cl)nc1N1CCC2(CCCC2)CC1. The largest absolute Gasteiger partial charge is 0.396 e. The highest BCUT2D eigenvalue weighted by molar-refractivity contribution is 6.29. The molecule has 0 radical (unpaired) electrons. The summed E-state index contributed by atoms with van der Waals surface area (Å²) in [6.45, 7) is 2.13. The van der Waals surface area contributed by atoms with Gasteiger partial charge in [-0.3, -0.25) is 0 Å². The molecule has 4 heteroatoms. The van der Waals surface area contributed by atoms with Gasteiger partial charge in [-0.25, -0.2) is 4.98 Å². The van der Waals surface area contributed by atoms with Crippen molar-refractivity contribution in [2.75, 3.05) is 23.7 Å². The van der Waals surface area contributed by atoms with Crippen molar-refractivity contribution in [2.24, 2.45) is 5.41 Å². The number of halogens is 1. The Morgan fingerprint density at radius 3 is 2.44 bits per heavy atom. The van der Waals surface area contributed by atoms with Gasteiger partial charge in [-0.05, 0) is 43.2 Å². The molecule has 1 aliphatic heterocycles. The minimum absolute atomic E-state index is 0.528. The quantitative estimate of drug-likeness (QED) is 0.791. The zero-order chi connectivity index (χ0) is 12.6. The molecule has 0 atom stereocenters. The lowest BCUT2D eigenvalue weighted by atomic mass is 9.77. The summed E-state index contributed by atoms with van der Waals surface area (Å²) >= 11 is 5.96. The second-order valence-corrected chi connectivity index (χ2v) is 6.13. The van der Waals surface area contributed by atoms with Crippen molar-refractivity contribution >= 4 is 23.1 Å². The van der Waals surface area contributed by atoms with Crippen molar-refractivity contribution in [1.82, 2.24) is 4.98 Å². The van der Waals surface area contributed by atoms with Gasteiger partial charge in [0.25, 0.3) is 0 Å². The third kappa shape index (κ3) is 2.16. The highest BCUT2D eigenvalue weighted by atomic mass is 35.5. The Balaban J connectivity index is 1.74. The molecule has 0 bridgehead atoms. The first-order valence-electron chi connectivity index (χ1n) is 6.86. The predicted molar refractivity (Wildman–Crippen MR) is 76.0 cm³/mol. The van der Waals surface area contributed by atoms with E-state index in [2.05, 4.69) is 9.88 Å². The van der Waals surface area contributed by atoms with Crippen LogP contribution in [0.3, 0.4) is 0 Å². The summed E-state index contributed by atoms with van der Waals surface area (Å²) in [5.74, 6) is 0.871. The zero-order valence-electron chi connectivity index (χ0n) is 10.7. The third-order valence-electron chi connectivity index (χ3n) is 4.66. The molecule has 0 amide bonds. The topological polar surface area (TPSA) is 42.1 Å². The summed E-state index contributed by atoms with van der Waals surface area (Å²) in [6.07, 6.45) is 8.22. The van der Waals surface area contributed by atoms with E-state index in [1.54, 1.807) is 6.07 Å². The van der Waals surface area contributed by atoms with Crippen LogP contribution in [0.15, 0.2) is 12.1 Å². The van der Waals surface area contributed by atoms with Gasteiger partial charge in [0.1, 0.15) is 5.15 Å². The van der Waals surface area contributed by atoms with Crippen LogP contribution in [0.4, 0.5) is 11.5 Å². The first kappa shape index (κ1) is 12.1. The van der Waals surface area contributed by atoms with E-state index in [0.717, 1.165) is 24.6 Å². The van der Waals surface area contributed by atoms with Crippen molar-refractivity contribution in [3.8, 4) is 0 Å². The molecule has 18 heavy (non-hydrogen) atoms. The second kappa shape index (κ2) is 4.61. The number of aromatic nitrogens is 1. The smallest absolute Gasteiger partial charge is 0.153 e. The van der Waals surface area contributed by atoms with Crippen molar-refractivity contribution in [3.05, 3.63) is 17.3 Å². The van der Waals surface area contributed by atoms with E-state index in [1.807, 2.05) is 6.07 Å². The molecule has 3 rings (SSSR count). The molecule has 2 N–H and O–H groups in total. The van der Waals surface area contributed by atoms with Crippen LogP contribution in [-0.4, -0.2) is 18.1 Å². The maximum Gasteiger partial charge on any atom is 0.153 e. The zero-order valence-corrected chi connectivity index (χ0v) is 11.4. The van der Waals surface area contributed by atoms with E-state index in [9.17, 15) is 0 Å². The number of hydrogen-bond donors (Lipinski definition) is 1. The number of hydrogen-bond acceptors (Lipinski definition) is 3. The molecule has 3 nitrogen and oxygen atoms in total. The van der Waals surface area contributed by atoms with Crippen molar-refractivity contribution in [2.45, 2.75) is 38.5 Å². The summed E-state index contributed by atoms with van der Waals surface area (Å²) in [7, 11) is 0. The lowest BCUT2D eigenvalue weighted by Crippen LogP contribution is -2.39. The van der Waals surface area contributed by atoms with Crippen LogP contribution in [-0.2, 0) is 0 Å². The average Bonchev–Trinajstić information content (AvgIpc) is 2.82. The van der Waals surface area contributed by atoms with Gasteiger partial charge in [0.2, 0.25) is 0 Å². The van der Waals surface area contributed by atoms with Gasteiger partial charge in [0.05, 0.1) is 5.69 Å². The standard InChI is InChI=1S/C14H20ClN3/c15-12-4-3-11(16)13(17-12)18-9-7-14(8-10-18)5-1-2-6-14/h3-4H,1-2,5-10,16H2. The summed E-state index contributed by atoms with van der Waals surface area (Å²) in [6, 6.07) is 3.60. The predicted octanol–water partition coefficient (Wildman–Crippen LogP) is 3.48. The highest BCUT2D eigenvalue weighted by Gasteiger charge is 2.37. The van der Waals surface area contributed by atoms with E-state index < -0.39 is 0 Å². The van der Waals surface area contributed by atoms with Gasteiger partial charge in [-0.15, -0.1) is 0 Å². The van der Waals surface area contributed by atoms with Crippen LogP contribution in [0.5, 0.6) is 0 Å². The first-order valence-corrected chi connectivity index (χ1v) is 7.23. The molecule has 1 saturated carbocycles. The number of anilines is 2. The van der Waals surface area contributed by atoms with E-state index in [4.69, 9.17) is 17.3 Å². The van der Waals surface area contributed by atoms with Crippen LogP contribution in [0.25, 0.3) is 0 Å². The van der Waals surface area contributed by atoms with Crippen LogP contribution in [0, 0.1) is 5.41 Å². The van der Waals surface area contributed by atoms with Crippen LogP contribution >= 0.6 is 11.6 Å². The molecule has 2 heterocycles. The molecule has 1 aliphatic carbocycles. The first-order chi connectivity index (χ1) is 8.69. The van der Waals surface area contributed by atoms with Crippen LogP contribution in [0.2, 0.25) is 5.15 Å². The molecule has 98 valence electrons. The molecular formula is C14H20ClN3. The van der Waals surface area contributed by atoms with Gasteiger partial charge in [0, 0.05) is 13.1 Å². The van der Waals surface area contributed by atoms with Crippen LogP contribution in [0.1, 0.15) is 38.5 Å². The van der Waals surface area contributed by atoms with Crippen molar-refractivity contribution in [3.63, 3.8) is 0 Å². The Hall–Kier alpha value is -0.960. The summed E-state index contributed by atoms with van der Waals surface area (Å²) in [5, 5.41) is 0.528. The molecule has 1 spiro atoms. The van der Waals surface area contributed by atoms with E-state index in [-0.39, 0.29) is 0 Å². The maximum absolute atomic E-state index is 6.00. The average molecular weight is 266 g/mol. The summed E-state index contributed by atoms with van der Waals surface area (Å²) < 4.78 is 0. The normalized spacial score (nSPS) is 22.6. The van der Waals surface area contributed by atoms with Gasteiger partial charge in [-0.2, -0.15) is 0 Å². The van der Waals surface area contributed by atoms with Gasteiger partial charge >= 0.3 is 0 Å². The maximum atomic E-state index is 6.00. The third-order valence-corrected chi connectivity index (χ3v) is 4.87. The molecule has 0 aromatic carbocycles. The second-order valence-electron chi connectivity index (χ2n) is 5.74. The van der Waals surface area contributed by atoms with Crippen molar-refractivity contribution < 1.29 is 0 Å². The van der Waals surface area contributed by atoms with Crippen LogP contribution < -0.4 is 10.6 Å². The Bertz CT molecular complexity index is 431. The molecule has 1 saturated heterocycles. The van der Waals surface area contributed by atoms with Gasteiger partial charge in [-0.1, -0.05) is 24.4 Å². The molecule has 1 aromatic rings. The Morgan fingerprint density at radius 2 is 1.78 bits per heavy atom. The lowest BCUT2D eigenvalue weighted by molar-refractivity contribution is 0.226. The number of nitrogen functional groups attached to an aromatic ring is 1. The number of rotatable bonds is 1. The monoisotopic (exact) mass is 265 g/mol. The fourth-order valence-corrected chi connectivity index (χ4v) is 3.65. The summed E-state index contributed by atoms with van der Waals surface area (Å²) in [4.78, 5) is 6.67. The molecule has 0 unspecified atom stereocenters. The fraction of sp³-hybridized carbons (Fsp3) is 0.643. The summed E-state index contributed by atoms with van der Waals surface area (Å²) in [5.41, 5.74) is 7.37. The molecular weight excluding hydrogens is 246 g/mol. The van der Waals surface area contributed by atoms with E-state index in [1.165, 1.54) is 38.5 Å². The van der Waals surface area contributed by atoms with E-state index >= 15 is 0 Å². The molecule has 1 aromatic heterocycles. The molecule has 2 aliphatic rings. The lowest BCUT2D eigenvalue weighted by Gasteiger charge is -2.40. The van der Waals surface area contributed by atoms with Crippen molar-refractivity contribution in [1.29, 1.82) is 0 Å². The Kier molecular flexibility index (Phi) is 3.10.